The number of nitrogens with one attached hydrogen (secondary N) is 1. The molecular formula is C30H41N3O2. The summed E-state index contributed by atoms with van der Waals surface area (Å²) in [5.74, 6) is 0.0475. The molecule has 1 aliphatic heterocycles. The first kappa shape index (κ1) is 28.0. The van der Waals surface area contributed by atoms with E-state index in [4.69, 9.17) is 0 Å². The molecule has 5 nitrogen and oxygen atoms in total. The van der Waals surface area contributed by atoms with Crippen molar-refractivity contribution in [2.45, 2.75) is 70.8 Å². The Morgan fingerprint density at radius 2 is 1.60 bits per heavy atom. The van der Waals surface area contributed by atoms with Crippen molar-refractivity contribution in [2.24, 2.45) is 0 Å². The molecule has 0 bridgehead atoms. The van der Waals surface area contributed by atoms with Gasteiger partial charge in [-0.25, -0.2) is 0 Å². The molecule has 2 heterocycles. The molecular weight excluding hydrogens is 434 g/mol. The molecule has 1 atom stereocenters. The minimum atomic E-state index is -0.0201. The summed E-state index contributed by atoms with van der Waals surface area (Å²) in [6.45, 7) is 3.38. The molecule has 2 rings (SSSR count). The van der Waals surface area contributed by atoms with E-state index < -0.39 is 0 Å². The van der Waals surface area contributed by atoms with Gasteiger partial charge in [-0.3, -0.25) is 14.6 Å². The standard InChI is InChI=1S/C30H41N3O2/c1-2-3-4-5-6-7-8-9-10-11-12-13-14-15-16-17-18-21-29(34)32-28-22-24-33(26-28)30(35)27-20-19-23-31-25-27/h3-4,6-7,9-10,12-13,15-16,19-20,23,25,28H,2,5,8,11,14,17-18,21-22,24,26H2,1H3,(H,32,34)/b4-3-,7-6-,10-9-,13-12-,16-15-. The lowest BCUT2D eigenvalue weighted by Crippen LogP contribution is -2.38. The fraction of sp³-hybridized carbons (Fsp3) is 0.433. The third-order valence-electron chi connectivity index (χ3n) is 5.68. The number of carbonyl (C=O) groups is 2. The fourth-order valence-electron chi connectivity index (χ4n) is 3.78. The molecule has 2 amide bonds. The molecule has 5 heteroatoms. The number of aromatic nitrogens is 1. The van der Waals surface area contributed by atoms with Gasteiger partial charge >= 0.3 is 0 Å². The summed E-state index contributed by atoms with van der Waals surface area (Å²) in [6.07, 6.45) is 33.2. The van der Waals surface area contributed by atoms with E-state index in [2.05, 4.69) is 78.0 Å². The van der Waals surface area contributed by atoms with E-state index in [1.165, 1.54) is 0 Å². The summed E-state index contributed by atoms with van der Waals surface area (Å²) in [4.78, 5) is 30.5. The first-order valence-corrected chi connectivity index (χ1v) is 12.9. The highest BCUT2D eigenvalue weighted by atomic mass is 16.2. The highest BCUT2D eigenvalue weighted by Crippen LogP contribution is 2.13. The molecule has 0 aromatic carbocycles. The Labute approximate surface area is 211 Å². The minimum Gasteiger partial charge on any atom is -0.352 e. The maximum Gasteiger partial charge on any atom is 0.255 e. The van der Waals surface area contributed by atoms with Gasteiger partial charge in [0.25, 0.3) is 5.91 Å². The zero-order valence-electron chi connectivity index (χ0n) is 21.1. The number of carbonyl (C=O) groups excluding carboxylic acids is 2. The normalized spacial score (nSPS) is 16.6. The maximum absolute atomic E-state index is 12.5. The van der Waals surface area contributed by atoms with Gasteiger partial charge in [0.2, 0.25) is 5.91 Å². The predicted molar refractivity (Wildman–Crippen MR) is 145 cm³/mol. The molecule has 188 valence electrons. The average molecular weight is 476 g/mol. The SMILES string of the molecule is CC/C=C\C/C=C\C/C=C\C/C=C\C/C=C\CCCC(=O)NC1CCN(C(=O)c2cccnc2)C1. The van der Waals surface area contributed by atoms with E-state index >= 15 is 0 Å². The van der Waals surface area contributed by atoms with E-state index in [0.717, 1.165) is 51.4 Å². The summed E-state index contributed by atoms with van der Waals surface area (Å²) in [6, 6.07) is 3.58. The fourth-order valence-corrected chi connectivity index (χ4v) is 3.78. The van der Waals surface area contributed by atoms with E-state index in [-0.39, 0.29) is 17.9 Å². The van der Waals surface area contributed by atoms with Crippen molar-refractivity contribution in [3.8, 4) is 0 Å². The van der Waals surface area contributed by atoms with Crippen molar-refractivity contribution in [1.82, 2.24) is 15.2 Å². The van der Waals surface area contributed by atoms with Gasteiger partial charge in [0.1, 0.15) is 0 Å². The first-order chi connectivity index (χ1) is 17.2. The number of amides is 2. The van der Waals surface area contributed by atoms with E-state index in [9.17, 15) is 9.59 Å². The van der Waals surface area contributed by atoms with Crippen LogP contribution in [0.1, 0.15) is 75.1 Å². The summed E-state index contributed by atoms with van der Waals surface area (Å²) in [5.41, 5.74) is 0.594. The number of unbranched alkanes of at least 4 members (excludes halogenated alkanes) is 1. The Kier molecular flexibility index (Phi) is 14.5. The van der Waals surface area contributed by atoms with Crippen LogP contribution in [0.15, 0.2) is 85.3 Å². The van der Waals surface area contributed by atoms with Crippen LogP contribution in [-0.2, 0) is 4.79 Å². The molecule has 1 aromatic rings. The summed E-state index contributed by atoms with van der Waals surface area (Å²) in [5, 5.41) is 3.07. The molecule has 0 aliphatic carbocycles. The first-order valence-electron chi connectivity index (χ1n) is 12.9. The van der Waals surface area contributed by atoms with E-state index in [1.54, 1.807) is 29.4 Å². The lowest BCUT2D eigenvalue weighted by Gasteiger charge is -2.17. The molecule has 1 saturated heterocycles. The van der Waals surface area contributed by atoms with Crippen LogP contribution >= 0.6 is 0 Å². The second-order valence-electron chi connectivity index (χ2n) is 8.65. The van der Waals surface area contributed by atoms with Crippen LogP contribution < -0.4 is 5.32 Å². The molecule has 0 radical (unpaired) electrons. The predicted octanol–water partition coefficient (Wildman–Crippen LogP) is 6.33. The van der Waals surface area contributed by atoms with Gasteiger partial charge in [-0.15, -0.1) is 0 Å². The van der Waals surface area contributed by atoms with Crippen molar-refractivity contribution >= 4 is 11.8 Å². The molecule has 1 unspecified atom stereocenters. The Morgan fingerprint density at radius 3 is 2.20 bits per heavy atom. The molecule has 1 N–H and O–H groups in total. The lowest BCUT2D eigenvalue weighted by atomic mass is 10.2. The monoisotopic (exact) mass is 475 g/mol. The van der Waals surface area contributed by atoms with Gasteiger partial charge in [-0.1, -0.05) is 67.7 Å². The Bertz CT molecular complexity index is 884. The Morgan fingerprint density at radius 1 is 0.971 bits per heavy atom. The van der Waals surface area contributed by atoms with Gasteiger partial charge in [0.15, 0.2) is 0 Å². The number of hydrogen-bond acceptors (Lipinski definition) is 3. The number of pyridine rings is 1. The van der Waals surface area contributed by atoms with Gasteiger partial charge in [-0.2, -0.15) is 0 Å². The lowest BCUT2D eigenvalue weighted by molar-refractivity contribution is -0.121. The summed E-state index contributed by atoms with van der Waals surface area (Å²) < 4.78 is 0. The number of allylic oxidation sites excluding steroid dienone is 10. The highest BCUT2D eigenvalue weighted by Gasteiger charge is 2.27. The third kappa shape index (κ3) is 12.7. The van der Waals surface area contributed by atoms with Crippen LogP contribution in [0.3, 0.4) is 0 Å². The topological polar surface area (TPSA) is 62.3 Å². The third-order valence-corrected chi connectivity index (χ3v) is 5.68. The van der Waals surface area contributed by atoms with E-state index in [1.807, 2.05) is 0 Å². The van der Waals surface area contributed by atoms with Crippen LogP contribution in [0, 0.1) is 0 Å². The van der Waals surface area contributed by atoms with Crippen LogP contribution in [0.5, 0.6) is 0 Å². The van der Waals surface area contributed by atoms with Crippen molar-refractivity contribution in [1.29, 1.82) is 0 Å². The number of likely N-dealkylation sites (tertiary alicyclic amines) is 1. The highest BCUT2D eigenvalue weighted by molar-refractivity contribution is 5.94. The van der Waals surface area contributed by atoms with Crippen molar-refractivity contribution in [3.63, 3.8) is 0 Å². The Balaban J connectivity index is 1.47. The molecule has 1 aliphatic rings. The molecule has 1 fully saturated rings. The van der Waals surface area contributed by atoms with Crippen LogP contribution in [0.4, 0.5) is 0 Å². The zero-order chi connectivity index (χ0) is 25.0. The number of nitrogens with zero attached hydrogens (tertiary/aromatic N) is 2. The van der Waals surface area contributed by atoms with E-state index in [0.29, 0.717) is 25.1 Å². The summed E-state index contributed by atoms with van der Waals surface area (Å²) in [7, 11) is 0. The number of hydrogen-bond donors (Lipinski definition) is 1. The second-order valence-corrected chi connectivity index (χ2v) is 8.65. The number of rotatable bonds is 15. The minimum absolute atomic E-state index is 0.0201. The van der Waals surface area contributed by atoms with Gasteiger partial charge in [0.05, 0.1) is 5.56 Å². The van der Waals surface area contributed by atoms with Crippen LogP contribution in [0.2, 0.25) is 0 Å². The Hall–Kier alpha value is -3.21. The quantitative estimate of drug-likeness (QED) is 0.238. The molecule has 1 aromatic heterocycles. The molecule has 0 spiro atoms. The van der Waals surface area contributed by atoms with Gasteiger partial charge < -0.3 is 10.2 Å². The van der Waals surface area contributed by atoms with Gasteiger partial charge in [-0.05, 0) is 63.5 Å². The largest absolute Gasteiger partial charge is 0.352 e. The smallest absolute Gasteiger partial charge is 0.255 e. The maximum atomic E-state index is 12.5. The van der Waals surface area contributed by atoms with Crippen molar-refractivity contribution in [3.05, 3.63) is 90.9 Å². The second kappa shape index (κ2) is 18.2. The van der Waals surface area contributed by atoms with Crippen molar-refractivity contribution in [2.75, 3.05) is 13.1 Å². The summed E-state index contributed by atoms with van der Waals surface area (Å²) >= 11 is 0. The zero-order valence-corrected chi connectivity index (χ0v) is 21.1. The van der Waals surface area contributed by atoms with Crippen LogP contribution in [-0.4, -0.2) is 40.8 Å². The van der Waals surface area contributed by atoms with Crippen molar-refractivity contribution < 1.29 is 9.59 Å². The molecule has 0 saturated carbocycles. The molecule has 35 heavy (non-hydrogen) atoms. The van der Waals surface area contributed by atoms with Gasteiger partial charge in [0, 0.05) is 37.9 Å². The van der Waals surface area contributed by atoms with Crippen LogP contribution in [0.25, 0.3) is 0 Å². The average Bonchev–Trinajstić information content (AvgIpc) is 3.34.